The van der Waals surface area contributed by atoms with Gasteiger partial charge in [-0.25, -0.2) is 4.79 Å². The summed E-state index contributed by atoms with van der Waals surface area (Å²) in [5.74, 6) is 0.665. The molecule has 3 aliphatic rings. The second kappa shape index (κ2) is 6.34. The van der Waals surface area contributed by atoms with Gasteiger partial charge in [0, 0.05) is 29.0 Å². The monoisotopic (exact) mass is 392 g/mol. The topological polar surface area (TPSA) is 43.8 Å². The number of likely N-dealkylation sites (tertiary alicyclic amines) is 2. The number of halogens is 1. The van der Waals surface area contributed by atoms with E-state index in [0.29, 0.717) is 17.4 Å². The number of amides is 1. The second-order valence-corrected chi connectivity index (χ2v) is 8.72. The van der Waals surface area contributed by atoms with Crippen molar-refractivity contribution in [3.63, 3.8) is 0 Å². The third kappa shape index (κ3) is 2.97. The minimum atomic E-state index is -0.752. The SMILES string of the molecule is O=C(O)N1CC2(CC[C@@H](N3CCC(c4ccccc4Br)CC3)C2)C1. The Morgan fingerprint density at radius 2 is 1.88 bits per heavy atom. The molecule has 2 aliphatic heterocycles. The molecule has 0 radical (unpaired) electrons. The summed E-state index contributed by atoms with van der Waals surface area (Å²) in [4.78, 5) is 15.3. The number of nitrogens with zero attached hydrogens (tertiary/aromatic N) is 2. The Morgan fingerprint density at radius 3 is 2.54 bits per heavy atom. The number of carboxylic acid groups (broad SMARTS) is 1. The van der Waals surface area contributed by atoms with Crippen LogP contribution in [0.15, 0.2) is 28.7 Å². The molecule has 0 unspecified atom stereocenters. The van der Waals surface area contributed by atoms with Gasteiger partial charge in [0.1, 0.15) is 0 Å². The lowest BCUT2D eigenvalue weighted by atomic mass is 9.78. The summed E-state index contributed by atoms with van der Waals surface area (Å²) in [6, 6.07) is 9.29. The molecule has 3 fully saturated rings. The molecule has 1 aliphatic carbocycles. The van der Waals surface area contributed by atoms with Gasteiger partial charge in [-0.15, -0.1) is 0 Å². The first-order valence-electron chi connectivity index (χ1n) is 9.03. The van der Waals surface area contributed by atoms with Gasteiger partial charge in [-0.2, -0.15) is 0 Å². The smallest absolute Gasteiger partial charge is 0.407 e. The van der Waals surface area contributed by atoms with Crippen molar-refractivity contribution in [3.05, 3.63) is 34.3 Å². The average Bonchev–Trinajstić information content (AvgIpc) is 3.00. The number of carbonyl (C=O) groups is 1. The largest absolute Gasteiger partial charge is 0.465 e. The normalized spacial score (nSPS) is 27.4. The molecule has 130 valence electrons. The predicted octanol–water partition coefficient (Wildman–Crippen LogP) is 4.16. The Balaban J connectivity index is 1.31. The fraction of sp³-hybridized carbons (Fsp3) is 0.632. The molecular weight excluding hydrogens is 368 g/mol. The van der Waals surface area contributed by atoms with E-state index in [9.17, 15) is 4.79 Å². The zero-order valence-corrected chi connectivity index (χ0v) is 15.5. The molecule has 1 atom stereocenters. The quantitative estimate of drug-likeness (QED) is 0.821. The predicted molar refractivity (Wildman–Crippen MR) is 97.4 cm³/mol. The van der Waals surface area contributed by atoms with Crippen LogP contribution in [0.4, 0.5) is 4.79 Å². The van der Waals surface area contributed by atoms with E-state index in [0.717, 1.165) is 13.1 Å². The van der Waals surface area contributed by atoms with Gasteiger partial charge in [-0.1, -0.05) is 34.1 Å². The molecule has 0 bridgehead atoms. The Kier molecular flexibility index (Phi) is 4.33. The van der Waals surface area contributed by atoms with E-state index in [1.54, 1.807) is 4.90 Å². The highest BCUT2D eigenvalue weighted by Crippen LogP contribution is 2.47. The van der Waals surface area contributed by atoms with Crippen LogP contribution in [-0.4, -0.2) is 53.2 Å². The van der Waals surface area contributed by atoms with Crippen molar-refractivity contribution in [3.8, 4) is 0 Å². The van der Waals surface area contributed by atoms with Crippen LogP contribution in [0, 0.1) is 5.41 Å². The maximum absolute atomic E-state index is 11.0. The van der Waals surface area contributed by atoms with Crippen LogP contribution in [0.1, 0.15) is 43.6 Å². The average molecular weight is 393 g/mol. The minimum absolute atomic E-state index is 0.294. The van der Waals surface area contributed by atoms with E-state index >= 15 is 0 Å². The lowest BCUT2D eigenvalue weighted by Crippen LogP contribution is -2.57. The molecule has 2 heterocycles. The first kappa shape index (κ1) is 16.4. The van der Waals surface area contributed by atoms with Gasteiger partial charge in [-0.05, 0) is 62.7 Å². The molecule has 5 heteroatoms. The van der Waals surface area contributed by atoms with Gasteiger partial charge in [0.05, 0.1) is 0 Å². The fourth-order valence-corrected chi connectivity index (χ4v) is 5.66. The highest BCUT2D eigenvalue weighted by molar-refractivity contribution is 9.10. The van der Waals surface area contributed by atoms with Crippen molar-refractivity contribution in [1.82, 2.24) is 9.80 Å². The molecule has 24 heavy (non-hydrogen) atoms. The number of hydrogen-bond acceptors (Lipinski definition) is 2. The Bertz CT molecular complexity index is 622. The van der Waals surface area contributed by atoms with Gasteiger partial charge >= 0.3 is 6.09 Å². The molecule has 1 aromatic carbocycles. The minimum Gasteiger partial charge on any atom is -0.465 e. The summed E-state index contributed by atoms with van der Waals surface area (Å²) in [5, 5.41) is 9.06. The van der Waals surface area contributed by atoms with Crippen molar-refractivity contribution in [2.24, 2.45) is 5.41 Å². The summed E-state index contributed by atoms with van der Waals surface area (Å²) in [6.07, 6.45) is 5.34. The summed E-state index contributed by atoms with van der Waals surface area (Å²) in [7, 11) is 0. The van der Waals surface area contributed by atoms with Crippen molar-refractivity contribution >= 4 is 22.0 Å². The molecule has 1 N–H and O–H groups in total. The third-order valence-electron chi connectivity index (χ3n) is 6.39. The van der Waals surface area contributed by atoms with Crippen molar-refractivity contribution < 1.29 is 9.90 Å². The number of hydrogen-bond donors (Lipinski definition) is 1. The molecular formula is C19H25BrN2O2. The Labute approximate surface area is 152 Å². The van der Waals surface area contributed by atoms with Crippen LogP contribution in [0.25, 0.3) is 0 Å². The van der Waals surface area contributed by atoms with Gasteiger partial charge in [0.25, 0.3) is 0 Å². The highest BCUT2D eigenvalue weighted by atomic mass is 79.9. The molecule has 1 aromatic rings. The maximum atomic E-state index is 11.0. The number of rotatable bonds is 2. The maximum Gasteiger partial charge on any atom is 0.407 e. The highest BCUT2D eigenvalue weighted by Gasteiger charge is 2.50. The molecule has 4 rings (SSSR count). The van der Waals surface area contributed by atoms with Crippen LogP contribution in [0.3, 0.4) is 0 Å². The van der Waals surface area contributed by atoms with Crippen LogP contribution < -0.4 is 0 Å². The summed E-state index contributed by atoms with van der Waals surface area (Å²) >= 11 is 3.70. The Hall–Kier alpha value is -1.07. The Morgan fingerprint density at radius 1 is 1.17 bits per heavy atom. The van der Waals surface area contributed by atoms with E-state index in [-0.39, 0.29) is 0 Å². The molecule has 1 saturated carbocycles. The van der Waals surface area contributed by atoms with E-state index in [4.69, 9.17) is 5.11 Å². The second-order valence-electron chi connectivity index (χ2n) is 7.87. The van der Waals surface area contributed by atoms with Gasteiger partial charge < -0.3 is 14.9 Å². The van der Waals surface area contributed by atoms with Crippen molar-refractivity contribution in [1.29, 1.82) is 0 Å². The molecule has 0 aromatic heterocycles. The summed E-state index contributed by atoms with van der Waals surface area (Å²) in [5.41, 5.74) is 1.75. The lowest BCUT2D eigenvalue weighted by Gasteiger charge is -2.47. The summed E-state index contributed by atoms with van der Waals surface area (Å²) in [6.45, 7) is 3.86. The third-order valence-corrected chi connectivity index (χ3v) is 7.11. The van der Waals surface area contributed by atoms with Gasteiger partial charge in [-0.3, -0.25) is 0 Å². The molecule has 2 saturated heterocycles. The zero-order chi connectivity index (χ0) is 16.7. The van der Waals surface area contributed by atoms with E-state index in [2.05, 4.69) is 45.1 Å². The van der Waals surface area contributed by atoms with E-state index in [1.807, 2.05) is 0 Å². The fourth-order valence-electron chi connectivity index (χ4n) is 5.06. The first-order chi connectivity index (χ1) is 11.6. The van der Waals surface area contributed by atoms with Crippen LogP contribution >= 0.6 is 15.9 Å². The first-order valence-corrected chi connectivity index (χ1v) is 9.82. The zero-order valence-electron chi connectivity index (χ0n) is 14.0. The molecule has 1 spiro atoms. The molecule has 1 amide bonds. The van der Waals surface area contributed by atoms with Gasteiger partial charge in [0.2, 0.25) is 0 Å². The summed E-state index contributed by atoms with van der Waals surface area (Å²) < 4.78 is 1.24. The number of piperidine rings is 1. The van der Waals surface area contributed by atoms with Crippen LogP contribution in [-0.2, 0) is 0 Å². The van der Waals surface area contributed by atoms with Crippen LogP contribution in [0.2, 0.25) is 0 Å². The van der Waals surface area contributed by atoms with Gasteiger partial charge in [0.15, 0.2) is 0 Å². The number of benzene rings is 1. The van der Waals surface area contributed by atoms with Crippen LogP contribution in [0.5, 0.6) is 0 Å². The lowest BCUT2D eigenvalue weighted by molar-refractivity contribution is 0.00814. The standard InChI is InChI=1S/C19H25BrN2O2/c20-17-4-2-1-3-16(17)14-6-9-21(10-7-14)15-5-8-19(11-15)12-22(13-19)18(23)24/h1-4,14-15H,5-13H2,(H,23,24)/t15-/m1/s1. The molecule has 4 nitrogen and oxygen atoms in total. The van der Waals surface area contributed by atoms with Crippen molar-refractivity contribution in [2.75, 3.05) is 26.2 Å². The van der Waals surface area contributed by atoms with Crippen molar-refractivity contribution in [2.45, 2.75) is 44.1 Å². The van der Waals surface area contributed by atoms with E-state index in [1.165, 1.54) is 55.2 Å². The van der Waals surface area contributed by atoms with E-state index < -0.39 is 6.09 Å².